The Labute approximate surface area is 93.1 Å². The SMILES string of the molecule is C.Cc1cc(C[NH3+])c(C)cc1CN.[Cl-]. The highest BCUT2D eigenvalue weighted by atomic mass is 35.5. The first-order chi connectivity index (χ1) is 5.69. The summed E-state index contributed by atoms with van der Waals surface area (Å²) in [6.07, 6.45) is 0. The minimum absolute atomic E-state index is 0. The monoisotopic (exact) mass is 216 g/mol. The molecule has 0 radical (unpaired) electrons. The molecule has 0 aromatic heterocycles. The molecular formula is C11H21ClN2. The van der Waals surface area contributed by atoms with Crippen molar-refractivity contribution in [2.75, 3.05) is 0 Å². The van der Waals surface area contributed by atoms with Gasteiger partial charge in [-0.05, 0) is 36.6 Å². The zero-order chi connectivity index (χ0) is 9.14. The van der Waals surface area contributed by atoms with Crippen LogP contribution in [-0.4, -0.2) is 0 Å². The Hall–Kier alpha value is -0.570. The van der Waals surface area contributed by atoms with Crippen LogP contribution in [0.2, 0.25) is 0 Å². The van der Waals surface area contributed by atoms with Gasteiger partial charge in [0.15, 0.2) is 0 Å². The van der Waals surface area contributed by atoms with Gasteiger partial charge in [0.25, 0.3) is 0 Å². The summed E-state index contributed by atoms with van der Waals surface area (Å²) >= 11 is 0. The largest absolute Gasteiger partial charge is 1.00 e. The summed E-state index contributed by atoms with van der Waals surface area (Å²) in [5, 5.41) is 0. The Kier molecular flexibility index (Phi) is 7.74. The molecule has 14 heavy (non-hydrogen) atoms. The average Bonchev–Trinajstić information content (AvgIpc) is 2.08. The Morgan fingerprint density at radius 3 is 2.00 bits per heavy atom. The zero-order valence-corrected chi connectivity index (χ0v) is 8.99. The lowest BCUT2D eigenvalue weighted by Crippen LogP contribution is -3.00. The third kappa shape index (κ3) is 3.29. The highest BCUT2D eigenvalue weighted by molar-refractivity contribution is 5.36. The molecule has 0 aliphatic heterocycles. The molecule has 0 atom stereocenters. The smallest absolute Gasteiger partial charge is 0.0999 e. The van der Waals surface area contributed by atoms with Crippen LogP contribution in [0.25, 0.3) is 0 Å². The van der Waals surface area contributed by atoms with Gasteiger partial charge in [-0.1, -0.05) is 13.5 Å². The summed E-state index contributed by atoms with van der Waals surface area (Å²) in [4.78, 5) is 0. The molecule has 0 bridgehead atoms. The van der Waals surface area contributed by atoms with Crippen LogP contribution in [0.3, 0.4) is 0 Å². The average molecular weight is 217 g/mol. The number of rotatable bonds is 2. The van der Waals surface area contributed by atoms with Crippen molar-refractivity contribution in [2.24, 2.45) is 5.73 Å². The van der Waals surface area contributed by atoms with Crippen LogP contribution in [0.15, 0.2) is 12.1 Å². The molecule has 5 N–H and O–H groups in total. The number of quaternary nitrogens is 1. The quantitative estimate of drug-likeness (QED) is 0.599. The zero-order valence-electron chi connectivity index (χ0n) is 8.23. The molecule has 0 unspecified atom stereocenters. The molecule has 0 aliphatic carbocycles. The molecular weight excluding hydrogens is 196 g/mol. The van der Waals surface area contributed by atoms with Crippen molar-refractivity contribution < 1.29 is 18.1 Å². The molecule has 0 aliphatic rings. The van der Waals surface area contributed by atoms with E-state index in [-0.39, 0.29) is 19.8 Å². The van der Waals surface area contributed by atoms with Crippen LogP contribution in [-0.2, 0) is 13.1 Å². The van der Waals surface area contributed by atoms with E-state index in [4.69, 9.17) is 5.73 Å². The van der Waals surface area contributed by atoms with Crippen LogP contribution >= 0.6 is 0 Å². The number of hydrogen-bond acceptors (Lipinski definition) is 1. The second kappa shape index (κ2) is 6.82. The molecule has 0 heterocycles. The van der Waals surface area contributed by atoms with E-state index in [1.807, 2.05) is 0 Å². The molecule has 0 fully saturated rings. The summed E-state index contributed by atoms with van der Waals surface area (Å²) in [5.41, 5.74) is 14.6. The van der Waals surface area contributed by atoms with Crippen molar-refractivity contribution in [3.05, 3.63) is 34.4 Å². The number of halogens is 1. The molecule has 0 saturated heterocycles. The Morgan fingerprint density at radius 2 is 1.57 bits per heavy atom. The first-order valence-corrected chi connectivity index (χ1v) is 4.27. The number of aryl methyl sites for hydroxylation is 2. The maximum atomic E-state index is 5.60. The third-order valence-corrected chi connectivity index (χ3v) is 2.28. The van der Waals surface area contributed by atoms with Gasteiger partial charge in [-0.3, -0.25) is 0 Å². The number of hydrogen-bond donors (Lipinski definition) is 2. The van der Waals surface area contributed by atoms with E-state index in [0.717, 1.165) is 6.54 Å². The summed E-state index contributed by atoms with van der Waals surface area (Å²) in [5.74, 6) is 0. The topological polar surface area (TPSA) is 53.7 Å². The predicted octanol–water partition coefficient (Wildman–Crippen LogP) is -1.86. The standard InChI is InChI=1S/C10H16N2.CH4.ClH/c1-7-3-10(6-12)8(2)4-9(7)5-11;;/h3-4H,5-6,11-12H2,1-2H3;1H4;1H. The minimum Gasteiger partial charge on any atom is -1.00 e. The van der Waals surface area contributed by atoms with Crippen LogP contribution < -0.4 is 23.9 Å². The normalized spacial score (nSPS) is 8.86. The van der Waals surface area contributed by atoms with Crippen molar-refractivity contribution in [2.45, 2.75) is 34.4 Å². The highest BCUT2D eigenvalue weighted by Crippen LogP contribution is 2.14. The third-order valence-electron chi connectivity index (χ3n) is 2.28. The fraction of sp³-hybridized carbons (Fsp3) is 0.455. The fourth-order valence-corrected chi connectivity index (χ4v) is 1.43. The van der Waals surface area contributed by atoms with Crippen LogP contribution in [0.1, 0.15) is 29.7 Å². The Balaban J connectivity index is 0. The van der Waals surface area contributed by atoms with Gasteiger partial charge in [0.2, 0.25) is 0 Å². The van der Waals surface area contributed by atoms with Crippen molar-refractivity contribution in [3.63, 3.8) is 0 Å². The Morgan fingerprint density at radius 1 is 1.14 bits per heavy atom. The maximum absolute atomic E-state index is 5.60. The van der Waals surface area contributed by atoms with Crippen molar-refractivity contribution in [1.82, 2.24) is 0 Å². The van der Waals surface area contributed by atoms with E-state index >= 15 is 0 Å². The van der Waals surface area contributed by atoms with Crippen molar-refractivity contribution in [1.29, 1.82) is 0 Å². The molecule has 0 spiro atoms. The van der Waals surface area contributed by atoms with E-state index in [9.17, 15) is 0 Å². The van der Waals surface area contributed by atoms with Gasteiger partial charge < -0.3 is 23.9 Å². The second-order valence-corrected chi connectivity index (χ2v) is 3.16. The van der Waals surface area contributed by atoms with Gasteiger partial charge in [-0.2, -0.15) is 0 Å². The molecule has 1 rings (SSSR count). The van der Waals surface area contributed by atoms with E-state index in [2.05, 4.69) is 31.7 Å². The maximum Gasteiger partial charge on any atom is 0.0999 e. The van der Waals surface area contributed by atoms with Gasteiger partial charge in [0.1, 0.15) is 0 Å². The number of benzene rings is 1. The van der Waals surface area contributed by atoms with Gasteiger partial charge in [-0.15, -0.1) is 0 Å². The van der Waals surface area contributed by atoms with E-state index in [0.29, 0.717) is 6.54 Å². The van der Waals surface area contributed by atoms with Crippen molar-refractivity contribution >= 4 is 0 Å². The lowest BCUT2D eigenvalue weighted by atomic mass is 10.0. The summed E-state index contributed by atoms with van der Waals surface area (Å²) in [7, 11) is 0. The predicted molar refractivity (Wildman–Crippen MR) is 57.1 cm³/mol. The van der Waals surface area contributed by atoms with Gasteiger partial charge in [0.05, 0.1) is 6.54 Å². The second-order valence-electron chi connectivity index (χ2n) is 3.16. The molecule has 0 saturated carbocycles. The van der Waals surface area contributed by atoms with E-state index in [1.54, 1.807) is 0 Å². The summed E-state index contributed by atoms with van der Waals surface area (Å²) in [6.45, 7) is 5.70. The summed E-state index contributed by atoms with van der Waals surface area (Å²) < 4.78 is 0. The highest BCUT2D eigenvalue weighted by Gasteiger charge is 2.02. The van der Waals surface area contributed by atoms with Crippen LogP contribution in [0.4, 0.5) is 0 Å². The molecule has 3 heteroatoms. The molecule has 2 nitrogen and oxygen atoms in total. The lowest BCUT2D eigenvalue weighted by Gasteiger charge is -2.07. The first-order valence-electron chi connectivity index (χ1n) is 4.27. The van der Waals surface area contributed by atoms with Crippen molar-refractivity contribution in [3.8, 4) is 0 Å². The molecule has 1 aromatic carbocycles. The molecule has 0 amide bonds. The Bertz CT molecular complexity index is 255. The summed E-state index contributed by atoms with van der Waals surface area (Å²) in [6, 6.07) is 4.35. The minimum atomic E-state index is 0. The fourth-order valence-electron chi connectivity index (χ4n) is 1.43. The van der Waals surface area contributed by atoms with Gasteiger partial charge >= 0.3 is 0 Å². The van der Waals surface area contributed by atoms with E-state index < -0.39 is 0 Å². The lowest BCUT2D eigenvalue weighted by molar-refractivity contribution is -0.386. The molecule has 82 valence electrons. The van der Waals surface area contributed by atoms with Crippen LogP contribution in [0.5, 0.6) is 0 Å². The van der Waals surface area contributed by atoms with Crippen LogP contribution in [0, 0.1) is 13.8 Å². The number of nitrogens with two attached hydrogens (primary N) is 1. The molecule has 1 aromatic rings. The van der Waals surface area contributed by atoms with Gasteiger partial charge in [0, 0.05) is 12.1 Å². The van der Waals surface area contributed by atoms with Gasteiger partial charge in [-0.25, -0.2) is 0 Å². The first kappa shape index (κ1) is 15.9. The van der Waals surface area contributed by atoms with E-state index in [1.165, 1.54) is 22.3 Å².